The lowest BCUT2D eigenvalue weighted by atomic mass is 10.2. The number of rotatable bonds is 4. The van der Waals surface area contributed by atoms with Crippen molar-refractivity contribution >= 4 is 33.2 Å². The summed E-state index contributed by atoms with van der Waals surface area (Å²) >= 11 is 9.12. The summed E-state index contributed by atoms with van der Waals surface area (Å²) in [6.07, 6.45) is 0. The zero-order valence-electron chi connectivity index (χ0n) is 9.98. The van der Waals surface area contributed by atoms with Gasteiger partial charge in [0.05, 0.1) is 9.95 Å². The minimum Gasteiger partial charge on any atom is -0.445 e. The summed E-state index contributed by atoms with van der Waals surface area (Å²) in [5, 5.41) is 11.4. The van der Waals surface area contributed by atoms with Crippen LogP contribution in [-0.4, -0.2) is 4.92 Å². The summed E-state index contributed by atoms with van der Waals surface area (Å²) in [6, 6.07) is 8.51. The number of halogens is 3. The average Bonchev–Trinajstić information content (AvgIpc) is 2.42. The molecule has 0 aliphatic heterocycles. The van der Waals surface area contributed by atoms with Crippen LogP contribution >= 0.6 is 27.5 Å². The smallest absolute Gasteiger partial charge is 0.313 e. The van der Waals surface area contributed by atoms with Gasteiger partial charge < -0.3 is 4.74 Å². The molecule has 0 unspecified atom stereocenters. The highest BCUT2D eigenvalue weighted by atomic mass is 79.9. The minimum absolute atomic E-state index is 0.0444. The molecule has 0 aliphatic rings. The molecule has 2 rings (SSSR count). The van der Waals surface area contributed by atoms with Crippen LogP contribution < -0.4 is 4.74 Å². The Balaban J connectivity index is 2.53. The van der Waals surface area contributed by atoms with Crippen LogP contribution in [0.2, 0.25) is 5.02 Å². The Hall–Kier alpha value is -1.66. The second kappa shape index (κ2) is 6.19. The van der Waals surface area contributed by atoms with Gasteiger partial charge >= 0.3 is 5.69 Å². The molecule has 2 aromatic rings. The fourth-order valence-corrected chi connectivity index (χ4v) is 2.27. The fourth-order valence-electron chi connectivity index (χ4n) is 1.62. The van der Waals surface area contributed by atoms with Crippen molar-refractivity contribution in [3.05, 3.63) is 62.9 Å². The molecule has 20 heavy (non-hydrogen) atoms. The molecule has 2 aromatic carbocycles. The molecule has 7 heteroatoms. The minimum atomic E-state index is -0.629. The Kier molecular flexibility index (Phi) is 4.57. The molecule has 0 N–H and O–H groups in total. The van der Waals surface area contributed by atoms with Gasteiger partial charge in [-0.15, -0.1) is 0 Å². The molecule has 0 amide bonds. The largest absolute Gasteiger partial charge is 0.445 e. The van der Waals surface area contributed by atoms with Crippen LogP contribution in [0.1, 0.15) is 5.56 Å². The molecular formula is C13H8BrClFNO3. The number of hydrogen-bond acceptors (Lipinski definition) is 3. The van der Waals surface area contributed by atoms with Crippen LogP contribution in [0, 0.1) is 15.9 Å². The maximum absolute atomic E-state index is 13.8. The first-order chi connectivity index (χ1) is 9.54. The van der Waals surface area contributed by atoms with Gasteiger partial charge in [0, 0.05) is 17.0 Å². The number of ether oxygens (including phenoxy) is 1. The van der Waals surface area contributed by atoms with Crippen molar-refractivity contribution in [2.75, 3.05) is 0 Å². The molecule has 0 aliphatic carbocycles. The number of nitro groups is 1. The maximum atomic E-state index is 13.8. The van der Waals surface area contributed by atoms with E-state index in [1.54, 1.807) is 6.07 Å². The number of para-hydroxylation sites is 2. The summed E-state index contributed by atoms with van der Waals surface area (Å²) in [6.45, 7) is 0. The normalized spacial score (nSPS) is 10.3. The molecule has 4 nitrogen and oxygen atoms in total. The number of nitro benzene ring substituents is 1. The van der Waals surface area contributed by atoms with E-state index in [9.17, 15) is 14.5 Å². The lowest BCUT2D eigenvalue weighted by molar-refractivity contribution is -0.385. The molecule has 104 valence electrons. The van der Waals surface area contributed by atoms with Crippen molar-refractivity contribution in [3.8, 4) is 11.5 Å². The van der Waals surface area contributed by atoms with E-state index in [4.69, 9.17) is 16.3 Å². The third kappa shape index (κ3) is 2.91. The third-order valence-corrected chi connectivity index (χ3v) is 3.44. The van der Waals surface area contributed by atoms with E-state index in [1.165, 1.54) is 30.3 Å². The van der Waals surface area contributed by atoms with Gasteiger partial charge in [-0.1, -0.05) is 45.7 Å². The van der Waals surface area contributed by atoms with Crippen LogP contribution in [-0.2, 0) is 5.33 Å². The molecule has 0 fully saturated rings. The van der Waals surface area contributed by atoms with E-state index in [0.717, 1.165) is 0 Å². The second-order valence-electron chi connectivity index (χ2n) is 3.81. The quantitative estimate of drug-likeness (QED) is 0.434. The van der Waals surface area contributed by atoms with Crippen LogP contribution in [0.15, 0.2) is 36.4 Å². The Morgan fingerprint density at radius 3 is 2.60 bits per heavy atom. The van der Waals surface area contributed by atoms with Crippen molar-refractivity contribution < 1.29 is 14.1 Å². The summed E-state index contributed by atoms with van der Waals surface area (Å²) < 4.78 is 19.2. The van der Waals surface area contributed by atoms with Crippen molar-refractivity contribution in [1.29, 1.82) is 0 Å². The van der Waals surface area contributed by atoms with Crippen LogP contribution in [0.4, 0.5) is 10.1 Å². The van der Waals surface area contributed by atoms with E-state index < -0.39 is 10.7 Å². The van der Waals surface area contributed by atoms with Crippen LogP contribution in [0.5, 0.6) is 11.5 Å². The SMILES string of the molecule is O=[N+]([O-])c1cccc(Cl)c1Oc1c(F)cccc1CBr. The van der Waals surface area contributed by atoms with E-state index in [2.05, 4.69) is 15.9 Å². The topological polar surface area (TPSA) is 52.4 Å². The van der Waals surface area contributed by atoms with Gasteiger partial charge in [0.1, 0.15) is 0 Å². The predicted molar refractivity (Wildman–Crippen MR) is 77.2 cm³/mol. The van der Waals surface area contributed by atoms with Crippen molar-refractivity contribution in [2.45, 2.75) is 5.33 Å². The maximum Gasteiger partial charge on any atom is 0.313 e. The highest BCUT2D eigenvalue weighted by Crippen LogP contribution is 2.39. The second-order valence-corrected chi connectivity index (χ2v) is 4.78. The molecular weight excluding hydrogens is 353 g/mol. The van der Waals surface area contributed by atoms with Crippen LogP contribution in [0.25, 0.3) is 0 Å². The van der Waals surface area contributed by atoms with Gasteiger partial charge in [-0.2, -0.15) is 0 Å². The third-order valence-electron chi connectivity index (χ3n) is 2.54. The lowest BCUT2D eigenvalue weighted by Crippen LogP contribution is -1.98. The number of benzene rings is 2. The van der Waals surface area contributed by atoms with Crippen molar-refractivity contribution in [2.24, 2.45) is 0 Å². The zero-order valence-corrected chi connectivity index (χ0v) is 12.3. The highest BCUT2D eigenvalue weighted by Gasteiger charge is 2.21. The first kappa shape index (κ1) is 14.7. The summed E-state index contributed by atoms with van der Waals surface area (Å²) in [5.41, 5.74) is 0.209. The van der Waals surface area contributed by atoms with Gasteiger partial charge in [0.25, 0.3) is 0 Å². The Morgan fingerprint density at radius 2 is 1.95 bits per heavy atom. The van der Waals surface area contributed by atoms with Crippen LogP contribution in [0.3, 0.4) is 0 Å². The first-order valence-corrected chi connectivity index (χ1v) is 6.98. The molecule has 0 spiro atoms. The van der Waals surface area contributed by atoms with Gasteiger partial charge in [-0.3, -0.25) is 10.1 Å². The fraction of sp³-hybridized carbons (Fsp3) is 0.0769. The Labute approximate surface area is 127 Å². The molecule has 0 bridgehead atoms. The monoisotopic (exact) mass is 359 g/mol. The Bertz CT molecular complexity index is 666. The van der Waals surface area contributed by atoms with E-state index in [0.29, 0.717) is 10.9 Å². The first-order valence-electron chi connectivity index (χ1n) is 5.48. The number of hydrogen-bond donors (Lipinski definition) is 0. The molecule has 0 radical (unpaired) electrons. The zero-order chi connectivity index (χ0) is 14.7. The standard InChI is InChI=1S/C13H8BrClFNO3/c14-7-8-3-1-5-10(16)12(8)20-13-9(15)4-2-6-11(13)17(18)19/h1-6H,7H2. The molecule has 0 aromatic heterocycles. The summed E-state index contributed by atoms with van der Waals surface area (Å²) in [4.78, 5) is 10.3. The lowest BCUT2D eigenvalue weighted by Gasteiger charge is -2.11. The van der Waals surface area contributed by atoms with Gasteiger partial charge in [-0.05, 0) is 12.1 Å². The summed E-state index contributed by atoms with van der Waals surface area (Å²) in [7, 11) is 0. The molecule has 0 atom stereocenters. The number of nitrogens with zero attached hydrogens (tertiary/aromatic N) is 1. The Morgan fingerprint density at radius 1 is 1.25 bits per heavy atom. The van der Waals surface area contributed by atoms with E-state index in [-0.39, 0.29) is 22.2 Å². The molecule has 0 saturated heterocycles. The molecule has 0 saturated carbocycles. The van der Waals surface area contributed by atoms with Gasteiger partial charge in [0.2, 0.25) is 5.75 Å². The van der Waals surface area contributed by atoms with E-state index >= 15 is 0 Å². The highest BCUT2D eigenvalue weighted by molar-refractivity contribution is 9.08. The predicted octanol–water partition coefficient (Wildman–Crippen LogP) is 5.07. The van der Waals surface area contributed by atoms with Gasteiger partial charge in [0.15, 0.2) is 11.6 Å². The van der Waals surface area contributed by atoms with Crippen molar-refractivity contribution in [3.63, 3.8) is 0 Å². The van der Waals surface area contributed by atoms with Crippen molar-refractivity contribution in [1.82, 2.24) is 0 Å². The van der Waals surface area contributed by atoms with Gasteiger partial charge in [-0.25, -0.2) is 4.39 Å². The summed E-state index contributed by atoms with van der Waals surface area (Å²) in [5.74, 6) is -0.872. The average molecular weight is 361 g/mol. The van der Waals surface area contributed by atoms with E-state index in [1.807, 2.05) is 0 Å². The molecule has 0 heterocycles. The number of alkyl halides is 1.